The van der Waals surface area contributed by atoms with Crippen molar-refractivity contribution in [1.29, 1.82) is 0 Å². The summed E-state index contributed by atoms with van der Waals surface area (Å²) in [4.78, 5) is 4.44. The van der Waals surface area contributed by atoms with Gasteiger partial charge in [-0.2, -0.15) is 0 Å². The molecule has 0 saturated heterocycles. The lowest BCUT2D eigenvalue weighted by Gasteiger charge is -2.08. The summed E-state index contributed by atoms with van der Waals surface area (Å²) in [6.07, 6.45) is 4.62. The maximum Gasteiger partial charge on any atom is 0.113 e. The number of pyridine rings is 1. The molecule has 0 unspecified atom stereocenters. The normalized spacial score (nSPS) is 10.5. The first-order valence-electron chi connectivity index (χ1n) is 7.05. The van der Waals surface area contributed by atoms with E-state index in [0.717, 1.165) is 35.7 Å². The fourth-order valence-electron chi connectivity index (χ4n) is 2.12. The van der Waals surface area contributed by atoms with Crippen molar-refractivity contribution >= 4 is 5.69 Å². The lowest BCUT2D eigenvalue weighted by Crippen LogP contribution is -2.02. The van der Waals surface area contributed by atoms with E-state index < -0.39 is 0 Å². The van der Waals surface area contributed by atoms with Crippen molar-refractivity contribution in [3.8, 4) is 17.1 Å². The fraction of sp³-hybridized carbons (Fsp3) is 0.188. The van der Waals surface area contributed by atoms with Crippen LogP contribution in [-0.2, 0) is 0 Å². The van der Waals surface area contributed by atoms with Crippen LogP contribution in [0.25, 0.3) is 17.1 Å². The molecular weight excluding hydrogens is 262 g/mol. The zero-order valence-corrected chi connectivity index (χ0v) is 11.9. The number of aromatic nitrogens is 4. The highest BCUT2D eigenvalue weighted by Gasteiger charge is 2.10. The molecule has 0 saturated carbocycles. The third kappa shape index (κ3) is 2.91. The highest BCUT2D eigenvalue weighted by molar-refractivity contribution is 5.61. The lowest BCUT2D eigenvalue weighted by molar-refractivity contribution is 0.806. The van der Waals surface area contributed by atoms with E-state index in [1.54, 1.807) is 17.1 Å². The summed E-state index contributed by atoms with van der Waals surface area (Å²) >= 11 is 0. The van der Waals surface area contributed by atoms with E-state index in [1.807, 2.05) is 42.5 Å². The van der Waals surface area contributed by atoms with Gasteiger partial charge in [-0.05, 0) is 30.7 Å². The molecule has 1 N–H and O–H groups in total. The van der Waals surface area contributed by atoms with Crippen LogP contribution in [0, 0.1) is 0 Å². The number of nitrogens with zero attached hydrogens (tertiary/aromatic N) is 4. The second-order valence-electron chi connectivity index (χ2n) is 4.72. The molecule has 0 aliphatic heterocycles. The summed E-state index contributed by atoms with van der Waals surface area (Å²) in [6.45, 7) is 3.09. The van der Waals surface area contributed by atoms with Gasteiger partial charge in [0.25, 0.3) is 0 Å². The van der Waals surface area contributed by atoms with Gasteiger partial charge in [0.2, 0.25) is 0 Å². The molecule has 0 fully saturated rings. The topological polar surface area (TPSA) is 55.6 Å². The molecule has 0 spiro atoms. The van der Waals surface area contributed by atoms with Crippen LogP contribution in [0.2, 0.25) is 0 Å². The van der Waals surface area contributed by atoms with Crippen LogP contribution in [0.15, 0.2) is 54.9 Å². The van der Waals surface area contributed by atoms with E-state index in [1.165, 1.54) is 0 Å². The minimum absolute atomic E-state index is 0.852. The fourth-order valence-corrected chi connectivity index (χ4v) is 2.12. The second kappa shape index (κ2) is 6.17. The standard InChI is InChI=1S/C16H17N5/c1-2-9-17-13-8-10-18-15(11-13)16-12-19-20-21(16)14-6-4-3-5-7-14/h3-8,10-12H,2,9H2,1H3,(H,17,18). The average molecular weight is 279 g/mol. The van der Waals surface area contributed by atoms with E-state index in [2.05, 4.69) is 27.5 Å². The minimum atomic E-state index is 0.852. The summed E-state index contributed by atoms with van der Waals surface area (Å²) in [6, 6.07) is 13.9. The lowest BCUT2D eigenvalue weighted by atomic mass is 10.2. The molecule has 1 aromatic carbocycles. The molecule has 106 valence electrons. The van der Waals surface area contributed by atoms with Crippen LogP contribution in [-0.4, -0.2) is 26.5 Å². The van der Waals surface area contributed by atoms with Crippen molar-refractivity contribution in [3.05, 3.63) is 54.9 Å². The Kier molecular flexibility index (Phi) is 3.91. The Bertz CT molecular complexity index is 705. The van der Waals surface area contributed by atoms with Gasteiger partial charge in [-0.1, -0.05) is 30.3 Å². The van der Waals surface area contributed by atoms with Crippen molar-refractivity contribution in [2.45, 2.75) is 13.3 Å². The Labute approximate surface area is 123 Å². The van der Waals surface area contributed by atoms with Crippen molar-refractivity contribution < 1.29 is 0 Å². The molecule has 0 aliphatic rings. The summed E-state index contributed by atoms with van der Waals surface area (Å²) in [5.74, 6) is 0. The smallest absolute Gasteiger partial charge is 0.113 e. The molecule has 5 heteroatoms. The zero-order chi connectivity index (χ0) is 14.5. The molecule has 2 aromatic heterocycles. The van der Waals surface area contributed by atoms with Crippen LogP contribution >= 0.6 is 0 Å². The van der Waals surface area contributed by atoms with Crippen LogP contribution in [0.4, 0.5) is 5.69 Å². The highest BCUT2D eigenvalue weighted by atomic mass is 15.4. The molecule has 3 rings (SSSR count). The monoisotopic (exact) mass is 279 g/mol. The van der Waals surface area contributed by atoms with Crippen LogP contribution in [0.3, 0.4) is 0 Å². The number of hydrogen-bond acceptors (Lipinski definition) is 4. The SMILES string of the molecule is CCCNc1ccnc(-c2cnnn2-c2ccccc2)c1. The molecule has 0 radical (unpaired) electrons. The molecule has 2 heterocycles. The van der Waals surface area contributed by atoms with E-state index in [0.29, 0.717) is 0 Å². The number of hydrogen-bond donors (Lipinski definition) is 1. The third-order valence-corrected chi connectivity index (χ3v) is 3.15. The molecule has 0 aliphatic carbocycles. The Morgan fingerprint density at radius 1 is 1.14 bits per heavy atom. The summed E-state index contributed by atoms with van der Waals surface area (Å²) in [5.41, 5.74) is 3.76. The van der Waals surface area contributed by atoms with Gasteiger partial charge in [0, 0.05) is 18.4 Å². The Morgan fingerprint density at radius 3 is 2.81 bits per heavy atom. The number of benzene rings is 1. The predicted molar refractivity (Wildman–Crippen MR) is 83.4 cm³/mol. The van der Waals surface area contributed by atoms with Gasteiger partial charge in [-0.15, -0.1) is 5.10 Å². The zero-order valence-electron chi connectivity index (χ0n) is 11.9. The number of anilines is 1. The summed E-state index contributed by atoms with van der Waals surface area (Å²) < 4.78 is 1.80. The number of nitrogens with one attached hydrogen (secondary N) is 1. The van der Waals surface area contributed by atoms with E-state index in [9.17, 15) is 0 Å². The highest BCUT2D eigenvalue weighted by Crippen LogP contribution is 2.21. The van der Waals surface area contributed by atoms with Gasteiger partial charge < -0.3 is 5.32 Å². The average Bonchev–Trinajstić information content (AvgIpc) is 3.04. The Hall–Kier alpha value is -2.69. The molecule has 5 nitrogen and oxygen atoms in total. The minimum Gasteiger partial charge on any atom is -0.385 e. The molecule has 0 bridgehead atoms. The quantitative estimate of drug-likeness (QED) is 0.779. The van der Waals surface area contributed by atoms with Crippen molar-refractivity contribution in [2.75, 3.05) is 11.9 Å². The van der Waals surface area contributed by atoms with Gasteiger partial charge >= 0.3 is 0 Å². The van der Waals surface area contributed by atoms with Crippen molar-refractivity contribution in [3.63, 3.8) is 0 Å². The first kappa shape index (κ1) is 13.3. The van der Waals surface area contributed by atoms with Gasteiger partial charge in [-0.25, -0.2) is 4.68 Å². The Morgan fingerprint density at radius 2 is 2.00 bits per heavy atom. The molecule has 3 aromatic rings. The van der Waals surface area contributed by atoms with Crippen LogP contribution in [0.1, 0.15) is 13.3 Å². The molecule has 0 atom stereocenters. The van der Waals surface area contributed by atoms with Gasteiger partial charge in [-0.3, -0.25) is 4.98 Å². The largest absolute Gasteiger partial charge is 0.385 e. The van der Waals surface area contributed by atoms with Gasteiger partial charge in [0.1, 0.15) is 5.69 Å². The molecular formula is C16H17N5. The summed E-state index contributed by atoms with van der Waals surface area (Å²) in [5, 5.41) is 11.5. The van der Waals surface area contributed by atoms with E-state index in [4.69, 9.17) is 0 Å². The van der Waals surface area contributed by atoms with E-state index in [-0.39, 0.29) is 0 Å². The van der Waals surface area contributed by atoms with E-state index >= 15 is 0 Å². The first-order valence-corrected chi connectivity index (χ1v) is 7.05. The van der Waals surface area contributed by atoms with Crippen molar-refractivity contribution in [2.24, 2.45) is 0 Å². The van der Waals surface area contributed by atoms with Crippen molar-refractivity contribution in [1.82, 2.24) is 20.0 Å². The molecule has 0 amide bonds. The summed E-state index contributed by atoms with van der Waals surface area (Å²) in [7, 11) is 0. The maximum atomic E-state index is 4.44. The number of para-hydroxylation sites is 1. The van der Waals surface area contributed by atoms with Gasteiger partial charge in [0.05, 0.1) is 17.6 Å². The number of rotatable bonds is 5. The molecule has 21 heavy (non-hydrogen) atoms. The predicted octanol–water partition coefficient (Wildman–Crippen LogP) is 3.15. The van der Waals surface area contributed by atoms with Crippen LogP contribution < -0.4 is 5.32 Å². The third-order valence-electron chi connectivity index (χ3n) is 3.15. The van der Waals surface area contributed by atoms with Crippen LogP contribution in [0.5, 0.6) is 0 Å². The second-order valence-corrected chi connectivity index (χ2v) is 4.72. The first-order chi connectivity index (χ1) is 10.4. The Balaban J connectivity index is 1.97. The van der Waals surface area contributed by atoms with Gasteiger partial charge in [0.15, 0.2) is 0 Å². The maximum absolute atomic E-state index is 4.44.